The number of anilines is 1. The monoisotopic (exact) mass is 239 g/mol. The van der Waals surface area contributed by atoms with Crippen molar-refractivity contribution in [2.45, 2.75) is 27.3 Å². The lowest BCUT2D eigenvalue weighted by atomic mass is 10.2. The Labute approximate surface area is 103 Å². The summed E-state index contributed by atoms with van der Waals surface area (Å²) < 4.78 is 13.2. The molecule has 0 aromatic carbocycles. The van der Waals surface area contributed by atoms with E-state index in [0.29, 0.717) is 12.5 Å². The Kier molecular flexibility index (Phi) is 5.35. The van der Waals surface area contributed by atoms with Crippen LogP contribution in [0.3, 0.4) is 0 Å². The summed E-state index contributed by atoms with van der Waals surface area (Å²) in [6.07, 6.45) is 1.28. The van der Waals surface area contributed by atoms with Crippen molar-refractivity contribution in [3.63, 3.8) is 0 Å². The molecule has 17 heavy (non-hydrogen) atoms. The molecule has 0 aliphatic rings. The summed E-state index contributed by atoms with van der Waals surface area (Å²) in [4.78, 5) is 6.28. The molecule has 0 radical (unpaired) electrons. The van der Waals surface area contributed by atoms with E-state index in [4.69, 9.17) is 0 Å². The van der Waals surface area contributed by atoms with Crippen LogP contribution in [0.4, 0.5) is 10.2 Å². The Hall–Kier alpha value is -1.16. The number of aromatic nitrogens is 1. The van der Waals surface area contributed by atoms with Gasteiger partial charge in [0.05, 0.1) is 6.20 Å². The fourth-order valence-electron chi connectivity index (χ4n) is 1.84. The highest BCUT2D eigenvalue weighted by Crippen LogP contribution is 2.18. The molecule has 96 valence electrons. The molecule has 0 spiro atoms. The molecule has 0 aliphatic carbocycles. The standard InChI is InChI=1S/C13H22FN3/c1-5-15-7-11-6-12(14)8-16-13(11)17(4)9-10(2)3/h6,8,10,15H,5,7,9H2,1-4H3. The van der Waals surface area contributed by atoms with Crippen LogP contribution in [0.25, 0.3) is 0 Å². The van der Waals surface area contributed by atoms with Crippen molar-refractivity contribution in [3.05, 3.63) is 23.6 Å². The van der Waals surface area contributed by atoms with Crippen LogP contribution in [-0.4, -0.2) is 25.1 Å². The van der Waals surface area contributed by atoms with E-state index < -0.39 is 0 Å². The van der Waals surface area contributed by atoms with Gasteiger partial charge in [-0.25, -0.2) is 9.37 Å². The van der Waals surface area contributed by atoms with E-state index >= 15 is 0 Å². The summed E-state index contributed by atoms with van der Waals surface area (Å²) in [5, 5.41) is 3.21. The maximum atomic E-state index is 13.2. The lowest BCUT2D eigenvalue weighted by molar-refractivity contribution is 0.605. The van der Waals surface area contributed by atoms with Gasteiger partial charge in [-0.15, -0.1) is 0 Å². The zero-order valence-electron chi connectivity index (χ0n) is 11.1. The van der Waals surface area contributed by atoms with Crippen molar-refractivity contribution < 1.29 is 4.39 Å². The van der Waals surface area contributed by atoms with Gasteiger partial charge in [0, 0.05) is 25.7 Å². The fourth-order valence-corrected chi connectivity index (χ4v) is 1.84. The Morgan fingerprint density at radius 2 is 2.18 bits per heavy atom. The predicted molar refractivity (Wildman–Crippen MR) is 69.7 cm³/mol. The highest BCUT2D eigenvalue weighted by molar-refractivity contribution is 5.46. The SMILES string of the molecule is CCNCc1cc(F)cnc1N(C)CC(C)C. The highest BCUT2D eigenvalue weighted by Gasteiger charge is 2.11. The number of hydrogen-bond acceptors (Lipinski definition) is 3. The molecule has 0 aliphatic heterocycles. The van der Waals surface area contributed by atoms with Crippen LogP contribution >= 0.6 is 0 Å². The molecular weight excluding hydrogens is 217 g/mol. The number of nitrogens with one attached hydrogen (secondary N) is 1. The van der Waals surface area contributed by atoms with Crippen LogP contribution in [0, 0.1) is 11.7 Å². The quantitative estimate of drug-likeness (QED) is 0.826. The molecule has 1 aromatic heterocycles. The van der Waals surface area contributed by atoms with E-state index in [9.17, 15) is 4.39 Å². The largest absolute Gasteiger partial charge is 0.359 e. The summed E-state index contributed by atoms with van der Waals surface area (Å²) in [6.45, 7) is 8.78. The van der Waals surface area contributed by atoms with Gasteiger partial charge in [0.1, 0.15) is 11.6 Å². The third kappa shape index (κ3) is 4.30. The molecule has 1 N–H and O–H groups in total. The van der Waals surface area contributed by atoms with Gasteiger partial charge in [0.25, 0.3) is 0 Å². The van der Waals surface area contributed by atoms with Gasteiger partial charge < -0.3 is 10.2 Å². The summed E-state index contributed by atoms with van der Waals surface area (Å²) >= 11 is 0. The van der Waals surface area contributed by atoms with E-state index in [0.717, 1.165) is 24.5 Å². The second-order valence-corrected chi connectivity index (χ2v) is 4.69. The summed E-state index contributed by atoms with van der Waals surface area (Å²) in [6, 6.07) is 1.56. The smallest absolute Gasteiger partial charge is 0.141 e. The van der Waals surface area contributed by atoms with E-state index in [-0.39, 0.29) is 5.82 Å². The Morgan fingerprint density at radius 1 is 1.47 bits per heavy atom. The van der Waals surface area contributed by atoms with Gasteiger partial charge in [-0.05, 0) is 18.5 Å². The second-order valence-electron chi connectivity index (χ2n) is 4.69. The lowest BCUT2D eigenvalue weighted by Gasteiger charge is -2.23. The van der Waals surface area contributed by atoms with Crippen molar-refractivity contribution in [3.8, 4) is 0 Å². The first-order chi connectivity index (χ1) is 8.04. The zero-order valence-corrected chi connectivity index (χ0v) is 11.1. The fraction of sp³-hybridized carbons (Fsp3) is 0.615. The Balaban J connectivity index is 2.88. The third-order valence-corrected chi connectivity index (χ3v) is 2.48. The summed E-state index contributed by atoms with van der Waals surface area (Å²) in [5.41, 5.74) is 0.912. The molecule has 1 heterocycles. The average Bonchev–Trinajstić information content (AvgIpc) is 2.25. The van der Waals surface area contributed by atoms with Crippen LogP contribution in [-0.2, 0) is 6.54 Å². The van der Waals surface area contributed by atoms with E-state index in [2.05, 4.69) is 29.0 Å². The van der Waals surface area contributed by atoms with Crippen LogP contribution in [0.2, 0.25) is 0 Å². The maximum absolute atomic E-state index is 13.2. The average molecular weight is 239 g/mol. The molecule has 0 unspecified atom stereocenters. The van der Waals surface area contributed by atoms with Crippen LogP contribution in [0.5, 0.6) is 0 Å². The Bertz CT molecular complexity index is 353. The van der Waals surface area contributed by atoms with Crippen LogP contribution in [0.1, 0.15) is 26.3 Å². The molecule has 4 heteroatoms. The molecule has 0 bridgehead atoms. The molecule has 0 atom stereocenters. The van der Waals surface area contributed by atoms with E-state index in [1.54, 1.807) is 6.07 Å². The first-order valence-electron chi connectivity index (χ1n) is 6.10. The van der Waals surface area contributed by atoms with Crippen LogP contribution in [0.15, 0.2) is 12.3 Å². The molecule has 0 fully saturated rings. The van der Waals surface area contributed by atoms with Crippen molar-refractivity contribution in [2.75, 3.05) is 25.0 Å². The minimum Gasteiger partial charge on any atom is -0.359 e. The number of rotatable bonds is 6. The number of pyridine rings is 1. The van der Waals surface area contributed by atoms with Crippen molar-refractivity contribution in [1.82, 2.24) is 10.3 Å². The minimum absolute atomic E-state index is 0.278. The van der Waals surface area contributed by atoms with Gasteiger partial charge in [0.15, 0.2) is 0 Å². The Morgan fingerprint density at radius 3 is 2.76 bits per heavy atom. The first kappa shape index (κ1) is 13.9. The minimum atomic E-state index is -0.278. The molecule has 1 aromatic rings. The maximum Gasteiger partial charge on any atom is 0.141 e. The summed E-state index contributed by atoms with van der Waals surface area (Å²) in [5.74, 6) is 1.14. The van der Waals surface area contributed by atoms with E-state index in [1.165, 1.54) is 6.20 Å². The highest BCUT2D eigenvalue weighted by atomic mass is 19.1. The van der Waals surface area contributed by atoms with Gasteiger partial charge in [-0.1, -0.05) is 20.8 Å². The van der Waals surface area contributed by atoms with Gasteiger partial charge >= 0.3 is 0 Å². The predicted octanol–water partition coefficient (Wildman–Crippen LogP) is 2.42. The zero-order chi connectivity index (χ0) is 12.8. The van der Waals surface area contributed by atoms with E-state index in [1.807, 2.05) is 14.0 Å². The molecule has 1 rings (SSSR count). The van der Waals surface area contributed by atoms with Crippen molar-refractivity contribution in [1.29, 1.82) is 0 Å². The molecule has 0 amide bonds. The normalized spacial score (nSPS) is 10.9. The van der Waals surface area contributed by atoms with Gasteiger partial charge in [0.2, 0.25) is 0 Å². The number of nitrogens with zero attached hydrogens (tertiary/aromatic N) is 2. The number of halogens is 1. The topological polar surface area (TPSA) is 28.2 Å². The third-order valence-electron chi connectivity index (χ3n) is 2.48. The summed E-state index contributed by atoms with van der Waals surface area (Å²) in [7, 11) is 2.00. The lowest BCUT2D eigenvalue weighted by Crippen LogP contribution is -2.26. The molecule has 0 saturated carbocycles. The number of hydrogen-bond donors (Lipinski definition) is 1. The van der Waals surface area contributed by atoms with Crippen molar-refractivity contribution in [2.24, 2.45) is 5.92 Å². The van der Waals surface area contributed by atoms with Crippen molar-refractivity contribution >= 4 is 5.82 Å². The van der Waals surface area contributed by atoms with Gasteiger partial charge in [-0.3, -0.25) is 0 Å². The first-order valence-corrected chi connectivity index (χ1v) is 6.10. The van der Waals surface area contributed by atoms with Crippen LogP contribution < -0.4 is 10.2 Å². The second kappa shape index (κ2) is 6.55. The molecular formula is C13H22FN3. The molecule has 3 nitrogen and oxygen atoms in total. The van der Waals surface area contributed by atoms with Gasteiger partial charge in [-0.2, -0.15) is 0 Å². The molecule has 0 saturated heterocycles.